The number of carbonyl (C=O) groups excluding carboxylic acids is 1. The maximum atomic E-state index is 11.9. The monoisotopic (exact) mass is 312 g/mol. The van der Waals surface area contributed by atoms with Crippen molar-refractivity contribution in [3.63, 3.8) is 0 Å². The molecule has 0 spiro atoms. The third-order valence-electron chi connectivity index (χ3n) is 3.53. The first-order valence-electron chi connectivity index (χ1n) is 7.50. The Morgan fingerprint density at radius 2 is 2.09 bits per heavy atom. The standard InChI is InChI=1S/C18H16O5/c1-2-3-5-12-10-17(19)23-16-11-13(7-8-14(12)16)22-18(20)15-6-4-9-21-15/h4,6-11H,2-3,5H2,1H3. The highest BCUT2D eigenvalue weighted by atomic mass is 16.5. The number of ether oxygens (including phenoxy) is 1. The maximum Gasteiger partial charge on any atom is 0.379 e. The topological polar surface area (TPSA) is 69.7 Å². The molecule has 0 amide bonds. The van der Waals surface area contributed by atoms with Crippen molar-refractivity contribution >= 4 is 16.9 Å². The summed E-state index contributed by atoms with van der Waals surface area (Å²) in [6, 6.07) is 9.68. The van der Waals surface area contributed by atoms with Crippen LogP contribution in [-0.4, -0.2) is 5.97 Å². The number of hydrogen-bond acceptors (Lipinski definition) is 5. The quantitative estimate of drug-likeness (QED) is 0.405. The van der Waals surface area contributed by atoms with Crippen LogP contribution < -0.4 is 10.4 Å². The van der Waals surface area contributed by atoms with Gasteiger partial charge in [0.1, 0.15) is 11.3 Å². The Kier molecular flexibility index (Phi) is 4.28. The molecule has 0 aliphatic heterocycles. The predicted molar refractivity (Wildman–Crippen MR) is 84.8 cm³/mol. The molecule has 0 saturated carbocycles. The zero-order valence-electron chi connectivity index (χ0n) is 12.7. The normalized spacial score (nSPS) is 10.8. The summed E-state index contributed by atoms with van der Waals surface area (Å²) in [4.78, 5) is 23.6. The van der Waals surface area contributed by atoms with E-state index < -0.39 is 11.6 Å². The Morgan fingerprint density at radius 3 is 2.83 bits per heavy atom. The van der Waals surface area contributed by atoms with Crippen molar-refractivity contribution in [3.05, 3.63) is 64.4 Å². The van der Waals surface area contributed by atoms with Crippen molar-refractivity contribution in [3.8, 4) is 5.75 Å². The molecule has 0 fully saturated rings. The number of carbonyl (C=O) groups is 1. The number of rotatable bonds is 5. The summed E-state index contributed by atoms with van der Waals surface area (Å²) < 4.78 is 15.4. The molecule has 0 atom stereocenters. The summed E-state index contributed by atoms with van der Waals surface area (Å²) in [6.07, 6.45) is 4.24. The van der Waals surface area contributed by atoms with E-state index in [-0.39, 0.29) is 5.76 Å². The first kappa shape index (κ1) is 15.1. The Hall–Kier alpha value is -2.82. The molecule has 0 aliphatic rings. The third-order valence-corrected chi connectivity index (χ3v) is 3.53. The zero-order chi connectivity index (χ0) is 16.2. The first-order chi connectivity index (χ1) is 11.2. The van der Waals surface area contributed by atoms with Crippen LogP contribution in [0.2, 0.25) is 0 Å². The molecule has 1 aromatic carbocycles. The molecule has 0 unspecified atom stereocenters. The van der Waals surface area contributed by atoms with Gasteiger partial charge < -0.3 is 13.6 Å². The van der Waals surface area contributed by atoms with Crippen LogP contribution in [-0.2, 0) is 6.42 Å². The number of furan rings is 1. The van der Waals surface area contributed by atoms with Gasteiger partial charge in [-0.05, 0) is 42.7 Å². The van der Waals surface area contributed by atoms with Gasteiger partial charge in [0.15, 0.2) is 0 Å². The van der Waals surface area contributed by atoms with E-state index in [2.05, 4.69) is 6.92 Å². The Balaban J connectivity index is 1.92. The minimum atomic E-state index is -0.598. The molecule has 0 bridgehead atoms. The van der Waals surface area contributed by atoms with Crippen molar-refractivity contribution in [2.24, 2.45) is 0 Å². The van der Waals surface area contributed by atoms with E-state index in [4.69, 9.17) is 13.6 Å². The summed E-state index contributed by atoms with van der Waals surface area (Å²) >= 11 is 0. The van der Waals surface area contributed by atoms with Crippen molar-refractivity contribution in [1.82, 2.24) is 0 Å². The molecule has 0 radical (unpaired) electrons. The predicted octanol–water partition coefficient (Wildman–Crippen LogP) is 3.95. The summed E-state index contributed by atoms with van der Waals surface area (Å²) in [5.41, 5.74) is 0.952. The molecule has 118 valence electrons. The minimum absolute atomic E-state index is 0.114. The van der Waals surface area contributed by atoms with Crippen molar-refractivity contribution < 1.29 is 18.4 Å². The van der Waals surface area contributed by atoms with E-state index in [9.17, 15) is 9.59 Å². The second-order valence-corrected chi connectivity index (χ2v) is 5.22. The van der Waals surface area contributed by atoms with E-state index in [0.29, 0.717) is 11.3 Å². The van der Waals surface area contributed by atoms with E-state index in [1.54, 1.807) is 24.3 Å². The lowest BCUT2D eigenvalue weighted by Gasteiger charge is -2.07. The smallest absolute Gasteiger partial charge is 0.379 e. The largest absolute Gasteiger partial charge is 0.457 e. The maximum absolute atomic E-state index is 11.9. The molecule has 23 heavy (non-hydrogen) atoms. The van der Waals surface area contributed by atoms with E-state index in [1.807, 2.05) is 0 Å². The van der Waals surface area contributed by atoms with Crippen LogP contribution >= 0.6 is 0 Å². The Morgan fingerprint density at radius 1 is 1.22 bits per heavy atom. The van der Waals surface area contributed by atoms with Gasteiger partial charge in [0, 0.05) is 17.5 Å². The fourth-order valence-electron chi connectivity index (χ4n) is 2.40. The Bertz CT molecular complexity index is 874. The molecule has 5 heteroatoms. The van der Waals surface area contributed by atoms with Crippen LogP contribution in [0.1, 0.15) is 35.9 Å². The molecule has 2 heterocycles. The molecule has 0 saturated heterocycles. The second-order valence-electron chi connectivity index (χ2n) is 5.22. The molecule has 0 aliphatic carbocycles. The SMILES string of the molecule is CCCCc1cc(=O)oc2cc(OC(=O)c3ccco3)ccc12. The molecule has 2 aromatic heterocycles. The number of unbranched alkanes of at least 4 members (excludes halogenated alkanes) is 1. The van der Waals surface area contributed by atoms with Gasteiger partial charge in [-0.15, -0.1) is 0 Å². The fraction of sp³-hybridized carbons (Fsp3) is 0.222. The Labute approximate surface area is 132 Å². The average Bonchev–Trinajstić information content (AvgIpc) is 3.06. The zero-order valence-corrected chi connectivity index (χ0v) is 12.7. The lowest BCUT2D eigenvalue weighted by molar-refractivity contribution is 0.0701. The van der Waals surface area contributed by atoms with Gasteiger partial charge in [-0.25, -0.2) is 9.59 Å². The molecule has 0 N–H and O–H groups in total. The van der Waals surface area contributed by atoms with Gasteiger partial charge in [0.05, 0.1) is 6.26 Å². The molecular formula is C18H16O5. The van der Waals surface area contributed by atoms with Gasteiger partial charge in [0.25, 0.3) is 0 Å². The second kappa shape index (κ2) is 6.52. The number of fused-ring (bicyclic) bond motifs is 1. The first-order valence-corrected chi connectivity index (χ1v) is 7.50. The van der Waals surface area contributed by atoms with Crippen LogP contribution in [0.4, 0.5) is 0 Å². The number of esters is 1. The highest BCUT2D eigenvalue weighted by molar-refractivity contribution is 5.89. The van der Waals surface area contributed by atoms with Crippen molar-refractivity contribution in [2.45, 2.75) is 26.2 Å². The van der Waals surface area contributed by atoms with Crippen LogP contribution in [0.5, 0.6) is 5.75 Å². The molecule has 3 aromatic rings. The minimum Gasteiger partial charge on any atom is -0.457 e. The highest BCUT2D eigenvalue weighted by Crippen LogP contribution is 2.24. The number of benzene rings is 1. The van der Waals surface area contributed by atoms with Gasteiger partial charge in [0.2, 0.25) is 5.76 Å². The average molecular weight is 312 g/mol. The van der Waals surface area contributed by atoms with Crippen molar-refractivity contribution in [2.75, 3.05) is 0 Å². The fourth-order valence-corrected chi connectivity index (χ4v) is 2.40. The summed E-state index contributed by atoms with van der Waals surface area (Å²) in [5, 5.41) is 0.857. The molecule has 5 nitrogen and oxygen atoms in total. The molecular weight excluding hydrogens is 296 g/mol. The van der Waals surface area contributed by atoms with Crippen LogP contribution in [0, 0.1) is 0 Å². The van der Waals surface area contributed by atoms with Gasteiger partial charge in [-0.2, -0.15) is 0 Å². The lowest BCUT2D eigenvalue weighted by atomic mass is 10.0. The van der Waals surface area contributed by atoms with E-state index >= 15 is 0 Å². The van der Waals surface area contributed by atoms with Crippen LogP contribution in [0.3, 0.4) is 0 Å². The number of aryl methyl sites for hydroxylation is 1. The van der Waals surface area contributed by atoms with Gasteiger partial charge in [-0.3, -0.25) is 0 Å². The van der Waals surface area contributed by atoms with Crippen LogP contribution in [0.15, 0.2) is 56.3 Å². The summed E-state index contributed by atoms with van der Waals surface area (Å²) in [6.45, 7) is 2.10. The van der Waals surface area contributed by atoms with Crippen LogP contribution in [0.25, 0.3) is 11.0 Å². The molecule has 3 rings (SSSR count). The van der Waals surface area contributed by atoms with Crippen molar-refractivity contribution in [1.29, 1.82) is 0 Å². The van der Waals surface area contributed by atoms with E-state index in [0.717, 1.165) is 30.2 Å². The van der Waals surface area contributed by atoms with Gasteiger partial charge >= 0.3 is 11.6 Å². The third kappa shape index (κ3) is 3.34. The summed E-state index contributed by atoms with van der Waals surface area (Å²) in [5.74, 6) is -0.184. The van der Waals surface area contributed by atoms with E-state index in [1.165, 1.54) is 18.4 Å². The highest BCUT2D eigenvalue weighted by Gasteiger charge is 2.13. The lowest BCUT2D eigenvalue weighted by Crippen LogP contribution is -2.07. The summed E-state index contributed by atoms with van der Waals surface area (Å²) in [7, 11) is 0. The number of hydrogen-bond donors (Lipinski definition) is 0. The van der Waals surface area contributed by atoms with Gasteiger partial charge in [-0.1, -0.05) is 13.3 Å².